The summed E-state index contributed by atoms with van der Waals surface area (Å²) in [6.45, 7) is 3.85. The molecule has 0 spiro atoms. The Labute approximate surface area is 168 Å². The second kappa shape index (κ2) is 12.0. The lowest BCUT2D eigenvalue weighted by Crippen LogP contribution is -2.42. The van der Waals surface area contributed by atoms with E-state index in [9.17, 15) is 0 Å². The van der Waals surface area contributed by atoms with Crippen molar-refractivity contribution >= 4 is 29.9 Å². The summed E-state index contributed by atoms with van der Waals surface area (Å²) < 4.78 is 10.8. The first-order chi connectivity index (χ1) is 11.7. The number of nitrogens with one attached hydrogen (secondary N) is 1. The number of benzene rings is 1. The third-order valence-corrected chi connectivity index (χ3v) is 4.07. The first-order valence-corrected chi connectivity index (χ1v) is 8.37. The van der Waals surface area contributed by atoms with Gasteiger partial charge < -0.3 is 19.7 Å². The zero-order valence-corrected chi connectivity index (χ0v) is 17.4. The van der Waals surface area contributed by atoms with Crippen LogP contribution in [-0.4, -0.2) is 57.9 Å². The highest BCUT2D eigenvalue weighted by Gasteiger charge is 2.18. The van der Waals surface area contributed by atoms with Gasteiger partial charge in [-0.05, 0) is 30.5 Å². The molecule has 1 heterocycles. The summed E-state index contributed by atoms with van der Waals surface area (Å²) in [6, 6.07) is 8.03. The molecule has 0 saturated carbocycles. The number of aliphatic imine (C=N–C) groups is 1. The van der Waals surface area contributed by atoms with E-state index in [2.05, 4.69) is 40.3 Å². The van der Waals surface area contributed by atoms with Crippen molar-refractivity contribution in [3.05, 3.63) is 29.8 Å². The van der Waals surface area contributed by atoms with Crippen LogP contribution in [0.25, 0.3) is 0 Å². The fourth-order valence-electron chi connectivity index (χ4n) is 2.78. The van der Waals surface area contributed by atoms with Gasteiger partial charge in [0.2, 0.25) is 0 Å². The minimum Gasteiger partial charge on any atom is -0.481 e. The molecule has 1 aromatic carbocycles. The Morgan fingerprint density at radius 3 is 2.80 bits per heavy atom. The van der Waals surface area contributed by atoms with E-state index < -0.39 is 0 Å². The van der Waals surface area contributed by atoms with E-state index in [1.165, 1.54) is 5.56 Å². The van der Waals surface area contributed by atoms with E-state index in [1.54, 1.807) is 0 Å². The highest BCUT2D eigenvalue weighted by atomic mass is 127. The van der Waals surface area contributed by atoms with Gasteiger partial charge in [-0.3, -0.25) is 4.99 Å². The molecular formula is C19H28IN3O2. The Morgan fingerprint density at radius 1 is 1.44 bits per heavy atom. The van der Waals surface area contributed by atoms with E-state index >= 15 is 0 Å². The number of rotatable bonds is 7. The van der Waals surface area contributed by atoms with Crippen molar-refractivity contribution in [2.24, 2.45) is 10.9 Å². The summed E-state index contributed by atoms with van der Waals surface area (Å²) in [7, 11) is 3.90. The Hall–Kier alpha value is -1.46. The fraction of sp³-hybridized carbons (Fsp3) is 0.526. The lowest BCUT2D eigenvalue weighted by molar-refractivity contribution is 0.181. The Bertz CT molecular complexity index is 563. The van der Waals surface area contributed by atoms with Crippen molar-refractivity contribution in [3.63, 3.8) is 0 Å². The summed E-state index contributed by atoms with van der Waals surface area (Å²) in [5, 5.41) is 3.42. The maximum atomic E-state index is 5.44. The quantitative estimate of drug-likeness (QED) is 0.296. The number of ether oxygens (including phenoxy) is 2. The first-order valence-electron chi connectivity index (χ1n) is 8.37. The van der Waals surface area contributed by atoms with Crippen LogP contribution in [0.4, 0.5) is 0 Å². The van der Waals surface area contributed by atoms with Gasteiger partial charge in [0.05, 0.1) is 6.61 Å². The van der Waals surface area contributed by atoms with Gasteiger partial charge in [-0.15, -0.1) is 30.4 Å². The number of hydrogen-bond acceptors (Lipinski definition) is 3. The smallest absolute Gasteiger partial charge is 0.193 e. The van der Waals surface area contributed by atoms with Crippen LogP contribution in [0.1, 0.15) is 12.0 Å². The standard InChI is InChI=1S/C19H27N3O2.HI/c1-4-12-24-18-7-5-16(6-8-18)9-11-21-19(20-2)22(3)14-17-10-13-23-15-17;/h1,5-8,17H,9-15H2,2-3H3,(H,20,21);1H. The van der Waals surface area contributed by atoms with Crippen molar-refractivity contribution in [1.82, 2.24) is 10.2 Å². The molecule has 138 valence electrons. The number of hydrogen-bond donors (Lipinski definition) is 1. The van der Waals surface area contributed by atoms with E-state index in [4.69, 9.17) is 15.9 Å². The van der Waals surface area contributed by atoms with Crippen LogP contribution in [0.3, 0.4) is 0 Å². The van der Waals surface area contributed by atoms with Crippen LogP contribution in [0.5, 0.6) is 5.75 Å². The van der Waals surface area contributed by atoms with Crippen LogP contribution >= 0.6 is 24.0 Å². The van der Waals surface area contributed by atoms with Crippen molar-refractivity contribution < 1.29 is 9.47 Å². The summed E-state index contributed by atoms with van der Waals surface area (Å²) in [5.74, 6) is 4.79. The second-order valence-electron chi connectivity index (χ2n) is 5.97. The van der Waals surface area contributed by atoms with E-state index in [1.807, 2.05) is 19.2 Å². The van der Waals surface area contributed by atoms with Crippen molar-refractivity contribution in [3.8, 4) is 18.1 Å². The average molecular weight is 457 g/mol. The molecule has 0 radical (unpaired) electrons. The number of halogens is 1. The van der Waals surface area contributed by atoms with Crippen molar-refractivity contribution in [2.45, 2.75) is 12.8 Å². The molecule has 0 amide bonds. The molecule has 1 N–H and O–H groups in total. The van der Waals surface area contributed by atoms with Gasteiger partial charge in [-0.1, -0.05) is 18.1 Å². The molecule has 1 unspecified atom stereocenters. The van der Waals surface area contributed by atoms with Gasteiger partial charge in [-0.25, -0.2) is 0 Å². The maximum absolute atomic E-state index is 5.44. The zero-order chi connectivity index (χ0) is 17.2. The summed E-state index contributed by atoms with van der Waals surface area (Å²) in [4.78, 5) is 6.54. The Balaban J connectivity index is 0.00000312. The second-order valence-corrected chi connectivity index (χ2v) is 5.97. The monoisotopic (exact) mass is 457 g/mol. The fourth-order valence-corrected chi connectivity index (χ4v) is 2.78. The normalized spacial score (nSPS) is 16.7. The van der Waals surface area contributed by atoms with Gasteiger partial charge in [0.1, 0.15) is 12.4 Å². The lowest BCUT2D eigenvalue weighted by atomic mass is 10.1. The molecule has 6 heteroatoms. The average Bonchev–Trinajstić information content (AvgIpc) is 3.10. The van der Waals surface area contributed by atoms with E-state index in [0.29, 0.717) is 12.5 Å². The van der Waals surface area contributed by atoms with E-state index in [-0.39, 0.29) is 24.0 Å². The molecule has 1 aromatic rings. The summed E-state index contributed by atoms with van der Waals surface area (Å²) in [5.41, 5.74) is 1.25. The molecule has 1 fully saturated rings. The minimum absolute atomic E-state index is 0. The highest BCUT2D eigenvalue weighted by molar-refractivity contribution is 14.0. The predicted molar refractivity (Wildman–Crippen MR) is 113 cm³/mol. The number of nitrogens with zero attached hydrogens (tertiary/aromatic N) is 2. The predicted octanol–water partition coefficient (Wildman–Crippen LogP) is 2.40. The largest absolute Gasteiger partial charge is 0.481 e. The van der Waals surface area contributed by atoms with Gasteiger partial charge in [0, 0.05) is 39.7 Å². The molecule has 1 saturated heterocycles. The maximum Gasteiger partial charge on any atom is 0.193 e. The third kappa shape index (κ3) is 7.53. The molecule has 0 bridgehead atoms. The first kappa shape index (κ1) is 21.6. The molecule has 5 nitrogen and oxygen atoms in total. The highest BCUT2D eigenvalue weighted by Crippen LogP contribution is 2.14. The number of guanidine groups is 1. The van der Waals surface area contributed by atoms with Gasteiger partial charge in [0.25, 0.3) is 0 Å². The Morgan fingerprint density at radius 2 is 2.20 bits per heavy atom. The summed E-state index contributed by atoms with van der Waals surface area (Å²) in [6.07, 6.45) is 7.24. The van der Waals surface area contributed by atoms with Crippen LogP contribution in [0.15, 0.2) is 29.3 Å². The lowest BCUT2D eigenvalue weighted by Gasteiger charge is -2.24. The van der Waals surface area contributed by atoms with Crippen molar-refractivity contribution in [1.29, 1.82) is 0 Å². The third-order valence-electron chi connectivity index (χ3n) is 4.07. The van der Waals surface area contributed by atoms with Crippen LogP contribution in [-0.2, 0) is 11.2 Å². The van der Waals surface area contributed by atoms with E-state index in [0.717, 1.165) is 50.9 Å². The molecule has 2 rings (SSSR count). The van der Waals surface area contributed by atoms with Gasteiger partial charge in [0.15, 0.2) is 5.96 Å². The molecule has 0 aliphatic carbocycles. The Kier molecular flexibility index (Phi) is 10.3. The number of terminal acetylenes is 1. The molecular weight excluding hydrogens is 429 g/mol. The molecule has 1 aliphatic rings. The molecule has 1 atom stereocenters. The minimum atomic E-state index is 0. The molecule has 25 heavy (non-hydrogen) atoms. The van der Waals surface area contributed by atoms with Gasteiger partial charge >= 0.3 is 0 Å². The SMILES string of the molecule is C#CCOc1ccc(CCNC(=NC)N(C)CC2CCOC2)cc1.I. The topological polar surface area (TPSA) is 46.1 Å². The van der Waals surface area contributed by atoms with Crippen molar-refractivity contribution in [2.75, 3.05) is 47.0 Å². The van der Waals surface area contributed by atoms with Crippen LogP contribution in [0, 0.1) is 18.3 Å². The molecule has 0 aromatic heterocycles. The summed E-state index contributed by atoms with van der Waals surface area (Å²) >= 11 is 0. The van der Waals surface area contributed by atoms with Gasteiger partial charge in [-0.2, -0.15) is 0 Å². The van der Waals surface area contributed by atoms with Crippen LogP contribution < -0.4 is 10.1 Å². The zero-order valence-electron chi connectivity index (χ0n) is 15.0. The van der Waals surface area contributed by atoms with Crippen LogP contribution in [0.2, 0.25) is 0 Å². The molecule has 1 aliphatic heterocycles.